The van der Waals surface area contributed by atoms with Crippen molar-refractivity contribution in [3.63, 3.8) is 0 Å². The van der Waals surface area contributed by atoms with Crippen molar-refractivity contribution < 1.29 is 92.0 Å². The summed E-state index contributed by atoms with van der Waals surface area (Å²) in [5, 5.41) is 60.3. The molecule has 0 aromatic carbocycles. The molecule has 9 aliphatic rings. The number of alkyl carbamates (subject to hydrolysis) is 1. The standard InChI is InChI=1S/C61H92N2O19/c1-27-14-17-42(78-47-25-59(10,62)54(35(9)77-47)63-58(71)73-13)28(2)19-37-20-36(26-64)31(5)24-61(37)56(69)48(57(70)82-61)55(68)60(11)39(27)16-15-38-49(60)29(3)18-30(4)51(38)80-46-23-43(50(67)32(6)74-46)79-44-22-41(66)53(34(8)76-44)81-45-21-40(65)52(72-12)33(7)75-45/h14-16,19-20,29-35,37-47,49-54,64-68H,17-18,21-26,62H2,1-13H3,(H,63,71)/b27-14-,28-19-,55-48-/t29-,30+,31+,32?,33?,34?,35?,37+,38-,39-,40?,41?,42-,43?,44?,45?,46?,47?,49+,50?,51-,52?,53?,54?,59?,60+,61-/m0/s1. The zero-order valence-electron chi connectivity index (χ0n) is 49.9. The fourth-order valence-corrected chi connectivity index (χ4v) is 15.7. The number of fused-ring (bicyclic) bond motifs is 4. The minimum absolute atomic E-state index is 0.0320. The van der Waals surface area contributed by atoms with E-state index in [1.54, 1.807) is 26.8 Å². The number of esters is 1. The molecule has 27 atom stereocenters. The molecule has 1 amide bonds. The van der Waals surface area contributed by atoms with Crippen molar-refractivity contribution in [1.82, 2.24) is 5.32 Å². The number of methoxy groups -OCH3 is 2. The van der Waals surface area contributed by atoms with Crippen LogP contribution >= 0.6 is 0 Å². The average molecular weight is 1160 g/mol. The van der Waals surface area contributed by atoms with Gasteiger partial charge in [-0.25, -0.2) is 9.59 Å². The number of rotatable bonds is 11. The Labute approximate surface area is 482 Å². The summed E-state index contributed by atoms with van der Waals surface area (Å²) in [5.74, 6) is -4.54. The fourth-order valence-electron chi connectivity index (χ4n) is 15.7. The minimum atomic E-state index is -1.75. The van der Waals surface area contributed by atoms with Gasteiger partial charge in [0.15, 0.2) is 30.8 Å². The lowest BCUT2D eigenvalue weighted by Gasteiger charge is -2.56. The van der Waals surface area contributed by atoms with Crippen LogP contribution < -0.4 is 11.1 Å². The lowest BCUT2D eigenvalue weighted by Crippen LogP contribution is -2.66. The third-order valence-electron chi connectivity index (χ3n) is 19.9. The quantitative estimate of drug-likeness (QED) is 0.0789. The normalized spacial score (nSPS) is 50.3. The lowest BCUT2D eigenvalue weighted by molar-refractivity contribution is -0.335. The maximum absolute atomic E-state index is 15.6. The van der Waals surface area contributed by atoms with Gasteiger partial charge in [-0.2, -0.15) is 0 Å². The summed E-state index contributed by atoms with van der Waals surface area (Å²) < 4.78 is 68.4. The first kappa shape index (κ1) is 62.9. The number of hydrogen-bond acceptors (Lipinski definition) is 20. The second kappa shape index (κ2) is 24.6. The number of ether oxygens (including phenoxy) is 11. The monoisotopic (exact) mass is 1160 g/mol. The van der Waals surface area contributed by atoms with Crippen LogP contribution in [0, 0.1) is 46.8 Å². The van der Waals surface area contributed by atoms with Crippen LogP contribution in [0.4, 0.5) is 4.79 Å². The van der Waals surface area contributed by atoms with E-state index in [2.05, 4.69) is 37.4 Å². The van der Waals surface area contributed by atoms with Gasteiger partial charge < -0.3 is 88.7 Å². The molecule has 21 heteroatoms. The number of nitrogens with one attached hydrogen (secondary N) is 1. The molecule has 0 aromatic rings. The van der Waals surface area contributed by atoms with Crippen LogP contribution in [0.2, 0.25) is 0 Å². The van der Waals surface area contributed by atoms with E-state index in [9.17, 15) is 35.1 Å². The molecule has 460 valence electrons. The Morgan fingerprint density at radius 3 is 2.00 bits per heavy atom. The van der Waals surface area contributed by atoms with Gasteiger partial charge in [-0.05, 0) is 96.1 Å². The smallest absolute Gasteiger partial charge is 0.407 e. The van der Waals surface area contributed by atoms with E-state index in [1.807, 2.05) is 47.6 Å². The minimum Gasteiger partial charge on any atom is -0.511 e. The van der Waals surface area contributed by atoms with Crippen LogP contribution in [-0.2, 0) is 61.7 Å². The molecular weight excluding hydrogens is 1060 g/mol. The highest BCUT2D eigenvalue weighted by Crippen LogP contribution is 2.61. The molecule has 21 nitrogen and oxygen atoms in total. The van der Waals surface area contributed by atoms with Crippen molar-refractivity contribution in [2.24, 2.45) is 52.6 Å². The van der Waals surface area contributed by atoms with Crippen LogP contribution in [0.15, 0.2) is 58.4 Å². The Morgan fingerprint density at radius 2 is 1.37 bits per heavy atom. The first-order valence-electron chi connectivity index (χ1n) is 29.7. The summed E-state index contributed by atoms with van der Waals surface area (Å²) in [6, 6.07) is -0.595. The number of carbonyl (C=O) groups is 3. The van der Waals surface area contributed by atoms with Crippen molar-refractivity contribution in [2.75, 3.05) is 20.8 Å². The van der Waals surface area contributed by atoms with Crippen LogP contribution in [0.1, 0.15) is 121 Å². The molecule has 1 spiro atoms. The molecule has 82 heavy (non-hydrogen) atoms. The number of aliphatic hydroxyl groups is 5. The number of amides is 1. The van der Waals surface area contributed by atoms with E-state index in [0.717, 1.165) is 5.57 Å². The van der Waals surface area contributed by atoms with E-state index in [4.69, 9.17) is 57.8 Å². The van der Waals surface area contributed by atoms with E-state index < -0.39 is 157 Å². The highest BCUT2D eigenvalue weighted by molar-refractivity contribution is 6.26. The van der Waals surface area contributed by atoms with Crippen molar-refractivity contribution in [3.05, 3.63) is 58.4 Å². The summed E-state index contributed by atoms with van der Waals surface area (Å²) in [6.07, 6.45) is -1.16. The van der Waals surface area contributed by atoms with Gasteiger partial charge in [-0.3, -0.25) is 4.79 Å². The number of nitrogens with two attached hydrogens (primary N) is 1. The van der Waals surface area contributed by atoms with Gasteiger partial charge in [-0.15, -0.1) is 0 Å². The molecule has 5 saturated heterocycles. The third kappa shape index (κ3) is 11.8. The number of aliphatic hydroxyl groups excluding tert-OH is 5. The van der Waals surface area contributed by atoms with Gasteiger partial charge in [0.25, 0.3) is 0 Å². The third-order valence-corrected chi connectivity index (χ3v) is 19.9. The number of allylic oxidation sites excluding steroid dienone is 3. The molecule has 1 saturated carbocycles. The summed E-state index contributed by atoms with van der Waals surface area (Å²) >= 11 is 0. The van der Waals surface area contributed by atoms with E-state index >= 15 is 4.79 Å². The second-order valence-electron chi connectivity index (χ2n) is 25.8. The summed E-state index contributed by atoms with van der Waals surface area (Å²) in [6.45, 7) is 20.6. The van der Waals surface area contributed by atoms with Gasteiger partial charge in [-0.1, -0.05) is 63.6 Å². The fraction of sp³-hybridized carbons (Fsp3) is 0.787. The Balaban J connectivity index is 1.00. The van der Waals surface area contributed by atoms with Crippen molar-refractivity contribution in [1.29, 1.82) is 0 Å². The van der Waals surface area contributed by atoms with Crippen LogP contribution in [0.3, 0.4) is 0 Å². The first-order chi connectivity index (χ1) is 38.6. The number of carbonyl (C=O) groups excluding carboxylic acids is 3. The predicted octanol–water partition coefficient (Wildman–Crippen LogP) is 5.25. The number of Topliss-reactive ketones (excluding diaryl/α,β-unsaturated/α-hetero) is 1. The highest BCUT2D eigenvalue weighted by atomic mass is 16.7. The number of ketones is 1. The summed E-state index contributed by atoms with van der Waals surface area (Å²) in [7, 11) is 2.79. The summed E-state index contributed by atoms with van der Waals surface area (Å²) in [5.41, 5.74) is 4.75. The van der Waals surface area contributed by atoms with Crippen molar-refractivity contribution in [3.8, 4) is 0 Å². The molecule has 16 unspecified atom stereocenters. The van der Waals surface area contributed by atoms with Crippen LogP contribution in [0.5, 0.6) is 0 Å². The largest absolute Gasteiger partial charge is 0.511 e. The summed E-state index contributed by atoms with van der Waals surface area (Å²) in [4.78, 5) is 42.6. The second-order valence-corrected chi connectivity index (χ2v) is 25.8. The van der Waals surface area contributed by atoms with Gasteiger partial charge in [0.1, 0.15) is 29.6 Å². The molecule has 9 rings (SSSR count). The Morgan fingerprint density at radius 1 is 0.744 bits per heavy atom. The van der Waals surface area contributed by atoms with Crippen molar-refractivity contribution in [2.45, 2.75) is 237 Å². The maximum atomic E-state index is 15.6. The molecule has 6 fully saturated rings. The topological polar surface area (TPSA) is 292 Å². The van der Waals surface area contributed by atoms with Gasteiger partial charge in [0.05, 0.1) is 74.7 Å². The first-order valence-corrected chi connectivity index (χ1v) is 29.7. The van der Waals surface area contributed by atoms with Crippen molar-refractivity contribution >= 4 is 17.8 Å². The molecule has 0 radical (unpaired) electrons. The maximum Gasteiger partial charge on any atom is 0.407 e. The zero-order valence-corrected chi connectivity index (χ0v) is 49.9. The van der Waals surface area contributed by atoms with E-state index in [-0.39, 0.29) is 73.7 Å². The van der Waals surface area contributed by atoms with Crippen LogP contribution in [-0.4, -0.2) is 180 Å². The predicted molar refractivity (Wildman–Crippen MR) is 295 cm³/mol. The Kier molecular flexibility index (Phi) is 18.9. The molecule has 5 aliphatic heterocycles. The van der Waals surface area contributed by atoms with E-state index in [1.165, 1.54) is 14.2 Å². The SMILES string of the molecule is COC(=O)NC1C(C)OC(O[C@H]2C/C=C(/C)[C@@H]3C=C[C@@H]4[C@@H](OC5CC(OC6CC(O)C(OC7CC(O)C(OC)C(C)O7)C(C)O6)C(O)C(C)O5)[C@H](C)C[C@H](C)[C@H]4[C@]3(C)/C(O)=C3/C(=O)O[C@]4(C[C@@H](C)C(CO)=C[C@H]4/C=C\2C)C3=O)CC1(C)N. The molecule has 4 aliphatic carbocycles. The Hall–Kier alpha value is -3.65. The zero-order chi connectivity index (χ0) is 59.7. The van der Waals surface area contributed by atoms with E-state index in [0.29, 0.717) is 24.0 Å². The molecule has 2 bridgehead atoms. The molecule has 0 aromatic heterocycles. The number of hydrogen-bond donors (Lipinski definition) is 7. The molecule has 8 N–H and O–H groups in total. The average Bonchev–Trinajstić information content (AvgIpc) is 3.56. The Bertz CT molecular complexity index is 2490. The molecule has 5 heterocycles. The van der Waals surface area contributed by atoms with Crippen LogP contribution in [0.25, 0.3) is 0 Å². The van der Waals surface area contributed by atoms with Gasteiger partial charge in [0.2, 0.25) is 5.78 Å². The molecular formula is C61H92N2O19. The van der Waals surface area contributed by atoms with Gasteiger partial charge >= 0.3 is 12.1 Å². The lowest BCUT2D eigenvalue weighted by atomic mass is 9.49. The van der Waals surface area contributed by atoms with Gasteiger partial charge in [0, 0.05) is 67.9 Å². The highest BCUT2D eigenvalue weighted by Gasteiger charge is 2.64.